The third-order valence-corrected chi connectivity index (χ3v) is 2.69. The number of carbonyl (C=O) groups excluding carboxylic acids is 2. The van der Waals surface area contributed by atoms with Gasteiger partial charge in [0.25, 0.3) is 0 Å². The molecule has 0 rings (SSSR count). The summed E-state index contributed by atoms with van der Waals surface area (Å²) in [5, 5.41) is 0. The van der Waals surface area contributed by atoms with Crippen LogP contribution in [0, 0.1) is 5.92 Å². The molecule has 0 amide bonds. The first-order chi connectivity index (χ1) is 9.41. The number of carbonyl (C=O) groups is 2. The van der Waals surface area contributed by atoms with Gasteiger partial charge in [-0.25, -0.2) is 0 Å². The van der Waals surface area contributed by atoms with Crippen molar-refractivity contribution >= 4 is 11.9 Å². The lowest BCUT2D eigenvalue weighted by Gasteiger charge is -2.06. The van der Waals surface area contributed by atoms with Gasteiger partial charge in [-0.1, -0.05) is 19.4 Å². The minimum Gasteiger partial charge on any atom is -0.466 e. The number of rotatable bonds is 10. The maximum absolute atomic E-state index is 11.4. The van der Waals surface area contributed by atoms with E-state index in [0.717, 1.165) is 18.4 Å². The highest BCUT2D eigenvalue weighted by molar-refractivity contribution is 5.72. The van der Waals surface area contributed by atoms with Crippen LogP contribution in [0.15, 0.2) is 11.6 Å². The molecule has 0 saturated heterocycles. The monoisotopic (exact) mass is 284 g/mol. The van der Waals surface area contributed by atoms with Crippen molar-refractivity contribution in [3.8, 4) is 0 Å². The Bertz CT molecular complexity index is 314. The van der Waals surface area contributed by atoms with Crippen LogP contribution in [0.1, 0.15) is 59.8 Å². The van der Waals surface area contributed by atoms with Crippen LogP contribution in [0.2, 0.25) is 0 Å². The molecule has 0 aliphatic carbocycles. The summed E-state index contributed by atoms with van der Waals surface area (Å²) in [4.78, 5) is 22.7. The Morgan fingerprint density at radius 3 is 2.15 bits per heavy atom. The van der Waals surface area contributed by atoms with E-state index in [1.54, 1.807) is 0 Å². The molecule has 0 fully saturated rings. The first-order valence-corrected chi connectivity index (χ1v) is 7.36. The molecular formula is C16H28O4. The van der Waals surface area contributed by atoms with Crippen LogP contribution in [0.25, 0.3) is 0 Å². The van der Waals surface area contributed by atoms with Crippen LogP contribution in [-0.4, -0.2) is 25.2 Å². The van der Waals surface area contributed by atoms with Gasteiger partial charge in [-0.15, -0.1) is 0 Å². The fourth-order valence-electron chi connectivity index (χ4n) is 1.50. The summed E-state index contributed by atoms with van der Waals surface area (Å²) in [7, 11) is 0. The average Bonchev–Trinajstić information content (AvgIpc) is 2.34. The molecule has 0 N–H and O–H groups in total. The maximum Gasteiger partial charge on any atom is 0.306 e. The number of hydrogen-bond donors (Lipinski definition) is 0. The van der Waals surface area contributed by atoms with Crippen LogP contribution in [0.3, 0.4) is 0 Å². The van der Waals surface area contributed by atoms with Crippen LogP contribution < -0.4 is 0 Å². The van der Waals surface area contributed by atoms with Crippen molar-refractivity contribution in [1.82, 2.24) is 0 Å². The first kappa shape index (κ1) is 18.7. The summed E-state index contributed by atoms with van der Waals surface area (Å²) in [6.45, 7) is 8.96. The third kappa shape index (κ3) is 13.1. The average molecular weight is 284 g/mol. The Hall–Kier alpha value is -1.32. The molecule has 0 spiro atoms. The molecule has 0 aliphatic rings. The minimum atomic E-state index is -0.268. The molecule has 0 aromatic heterocycles. The smallest absolute Gasteiger partial charge is 0.306 e. The van der Waals surface area contributed by atoms with E-state index >= 15 is 0 Å². The summed E-state index contributed by atoms with van der Waals surface area (Å²) < 4.78 is 10.1. The highest BCUT2D eigenvalue weighted by atomic mass is 16.5. The predicted molar refractivity (Wildman–Crippen MR) is 79.3 cm³/mol. The van der Waals surface area contributed by atoms with E-state index in [2.05, 4.69) is 13.8 Å². The first-order valence-electron chi connectivity index (χ1n) is 7.36. The quantitative estimate of drug-likeness (QED) is 0.349. The van der Waals surface area contributed by atoms with Gasteiger partial charge in [0.15, 0.2) is 0 Å². The fourth-order valence-corrected chi connectivity index (χ4v) is 1.50. The lowest BCUT2D eigenvalue weighted by atomic mass is 10.1. The number of esters is 2. The Balaban J connectivity index is 3.51. The number of allylic oxidation sites excluding steroid dienone is 1. The number of hydrogen-bond acceptors (Lipinski definition) is 4. The van der Waals surface area contributed by atoms with Crippen molar-refractivity contribution < 1.29 is 19.1 Å². The number of ether oxygens (including phenoxy) is 2. The van der Waals surface area contributed by atoms with Gasteiger partial charge < -0.3 is 9.47 Å². The minimum absolute atomic E-state index is 0.231. The summed E-state index contributed by atoms with van der Waals surface area (Å²) >= 11 is 0. The molecule has 0 saturated carbocycles. The van der Waals surface area contributed by atoms with Crippen molar-refractivity contribution in [1.29, 1.82) is 0 Å². The van der Waals surface area contributed by atoms with Gasteiger partial charge in [0.05, 0.1) is 6.61 Å². The third-order valence-electron chi connectivity index (χ3n) is 2.69. The van der Waals surface area contributed by atoms with Gasteiger partial charge in [0.1, 0.15) is 6.61 Å². The molecule has 0 aromatic carbocycles. The molecule has 20 heavy (non-hydrogen) atoms. The van der Waals surface area contributed by atoms with Crippen molar-refractivity contribution in [2.45, 2.75) is 59.8 Å². The Kier molecular flexibility index (Phi) is 10.7. The van der Waals surface area contributed by atoms with Crippen molar-refractivity contribution in [2.75, 3.05) is 13.2 Å². The van der Waals surface area contributed by atoms with E-state index in [9.17, 15) is 9.59 Å². The maximum atomic E-state index is 11.4. The molecule has 0 unspecified atom stereocenters. The van der Waals surface area contributed by atoms with Gasteiger partial charge in [-0.05, 0) is 45.1 Å². The van der Waals surface area contributed by atoms with E-state index in [0.29, 0.717) is 25.6 Å². The molecule has 0 aliphatic heterocycles. The molecule has 0 atom stereocenters. The van der Waals surface area contributed by atoms with Crippen LogP contribution in [0.5, 0.6) is 0 Å². The molecule has 0 heterocycles. The van der Waals surface area contributed by atoms with Crippen molar-refractivity contribution in [3.05, 3.63) is 11.6 Å². The molecular weight excluding hydrogens is 256 g/mol. The van der Waals surface area contributed by atoms with Crippen molar-refractivity contribution in [3.63, 3.8) is 0 Å². The SMILES string of the molecule is CC(C)=CCOC(=O)CCCC(=O)OCCCC(C)C. The van der Waals surface area contributed by atoms with Gasteiger partial charge in [0.2, 0.25) is 0 Å². The molecule has 4 nitrogen and oxygen atoms in total. The Morgan fingerprint density at radius 1 is 1.00 bits per heavy atom. The normalized spacial score (nSPS) is 10.2. The highest BCUT2D eigenvalue weighted by Gasteiger charge is 2.07. The summed E-state index contributed by atoms with van der Waals surface area (Å²) in [6, 6.07) is 0. The molecule has 0 radical (unpaired) electrons. The largest absolute Gasteiger partial charge is 0.466 e. The highest BCUT2D eigenvalue weighted by Crippen LogP contribution is 2.05. The molecule has 0 bridgehead atoms. The van der Waals surface area contributed by atoms with E-state index in [1.807, 2.05) is 19.9 Å². The summed E-state index contributed by atoms with van der Waals surface area (Å²) in [5.41, 5.74) is 1.11. The second kappa shape index (κ2) is 11.5. The van der Waals surface area contributed by atoms with E-state index in [1.165, 1.54) is 0 Å². The molecule has 116 valence electrons. The fraction of sp³-hybridized carbons (Fsp3) is 0.750. The van der Waals surface area contributed by atoms with Gasteiger partial charge in [0, 0.05) is 12.8 Å². The summed E-state index contributed by atoms with van der Waals surface area (Å²) in [6.07, 6.45) is 4.83. The lowest BCUT2D eigenvalue weighted by molar-refractivity contribution is -0.145. The second-order valence-electron chi connectivity index (χ2n) is 5.57. The Labute approximate surface area is 122 Å². The predicted octanol–water partition coefficient (Wildman–Crippen LogP) is 3.65. The van der Waals surface area contributed by atoms with Gasteiger partial charge in [-0.2, -0.15) is 0 Å². The standard InChI is InChI=1S/C16H28O4/c1-13(2)7-6-11-19-15(17)8-5-9-16(18)20-12-10-14(3)4/h10,13H,5-9,11-12H2,1-4H3. The van der Waals surface area contributed by atoms with Crippen LogP contribution >= 0.6 is 0 Å². The topological polar surface area (TPSA) is 52.6 Å². The zero-order chi connectivity index (χ0) is 15.4. The zero-order valence-corrected chi connectivity index (χ0v) is 13.2. The molecule has 0 aromatic rings. The van der Waals surface area contributed by atoms with Crippen LogP contribution in [0.4, 0.5) is 0 Å². The van der Waals surface area contributed by atoms with Gasteiger partial charge in [-0.3, -0.25) is 9.59 Å². The summed E-state index contributed by atoms with van der Waals surface area (Å²) in [5.74, 6) is 0.130. The van der Waals surface area contributed by atoms with Crippen molar-refractivity contribution in [2.24, 2.45) is 5.92 Å². The lowest BCUT2D eigenvalue weighted by Crippen LogP contribution is -2.09. The molecule has 4 heteroatoms. The van der Waals surface area contributed by atoms with E-state index < -0.39 is 0 Å². The Morgan fingerprint density at radius 2 is 1.60 bits per heavy atom. The van der Waals surface area contributed by atoms with E-state index in [4.69, 9.17) is 9.47 Å². The van der Waals surface area contributed by atoms with E-state index in [-0.39, 0.29) is 24.8 Å². The van der Waals surface area contributed by atoms with Crippen LogP contribution in [-0.2, 0) is 19.1 Å². The second-order valence-corrected chi connectivity index (χ2v) is 5.57. The zero-order valence-electron chi connectivity index (χ0n) is 13.2. The van der Waals surface area contributed by atoms with Gasteiger partial charge >= 0.3 is 11.9 Å².